The summed E-state index contributed by atoms with van der Waals surface area (Å²) in [4.78, 5) is 27.7. The molecule has 0 saturated carbocycles. The van der Waals surface area contributed by atoms with Crippen molar-refractivity contribution >= 4 is 52.0 Å². The first kappa shape index (κ1) is 22.8. The minimum absolute atomic E-state index is 0.202. The van der Waals surface area contributed by atoms with Crippen LogP contribution in [0, 0.1) is 17.5 Å². The molecule has 5 N–H and O–H groups in total. The van der Waals surface area contributed by atoms with Gasteiger partial charge in [0.05, 0.1) is 16.9 Å². The molecule has 0 saturated heterocycles. The van der Waals surface area contributed by atoms with Crippen molar-refractivity contribution in [1.29, 1.82) is 0 Å². The van der Waals surface area contributed by atoms with Gasteiger partial charge in [-0.15, -0.1) is 0 Å². The van der Waals surface area contributed by atoms with Crippen molar-refractivity contribution in [2.24, 2.45) is 0 Å². The molecule has 0 unspecified atom stereocenters. The zero-order valence-corrected chi connectivity index (χ0v) is 18.5. The molecule has 1 aromatic heterocycles. The van der Waals surface area contributed by atoms with Crippen molar-refractivity contribution in [2.45, 2.75) is 0 Å². The summed E-state index contributed by atoms with van der Waals surface area (Å²) in [6.07, 6.45) is 3.56. The van der Waals surface area contributed by atoms with Crippen molar-refractivity contribution in [2.75, 3.05) is 21.3 Å². The number of aromatic nitrogens is 1. The number of carbonyl (C=O) groups is 2. The molecule has 0 fully saturated rings. The van der Waals surface area contributed by atoms with Gasteiger partial charge in [-0.2, -0.15) is 0 Å². The molecule has 0 atom stereocenters. The van der Waals surface area contributed by atoms with E-state index in [1.54, 1.807) is 42.6 Å². The Balaban J connectivity index is 1.28. The monoisotopic (exact) mass is 489 g/mol. The van der Waals surface area contributed by atoms with E-state index in [0.717, 1.165) is 23.4 Å². The molecule has 36 heavy (non-hydrogen) atoms. The molecular weight excluding hydrogens is 471 g/mol. The zero-order valence-electron chi connectivity index (χ0n) is 18.5. The number of nitrogens with one attached hydrogen (secondary N) is 5. The highest BCUT2D eigenvalue weighted by atomic mass is 19.2. The van der Waals surface area contributed by atoms with Crippen molar-refractivity contribution < 1.29 is 22.8 Å². The second kappa shape index (κ2) is 9.34. The smallest absolute Gasteiger partial charge is 0.323 e. The molecule has 4 aromatic rings. The van der Waals surface area contributed by atoms with E-state index in [9.17, 15) is 22.8 Å². The van der Waals surface area contributed by atoms with Crippen LogP contribution >= 0.6 is 0 Å². The third-order valence-electron chi connectivity index (χ3n) is 5.42. The third-order valence-corrected chi connectivity index (χ3v) is 5.42. The SMILES string of the molecule is O=C(Nc1cccc(Nc2ccc3c(c2)NC(=O)/C3=C/c2ccc[nH]2)c1)Nc1ccc(F)c(F)c1F. The van der Waals surface area contributed by atoms with Gasteiger partial charge in [0.2, 0.25) is 0 Å². The van der Waals surface area contributed by atoms with Crippen molar-refractivity contribution in [1.82, 2.24) is 4.98 Å². The number of rotatable bonds is 5. The summed E-state index contributed by atoms with van der Waals surface area (Å²) in [6.45, 7) is 0. The molecule has 0 spiro atoms. The number of urea groups is 1. The highest BCUT2D eigenvalue weighted by Crippen LogP contribution is 2.35. The van der Waals surface area contributed by atoms with Crippen LogP contribution in [-0.4, -0.2) is 16.9 Å². The fourth-order valence-electron chi connectivity index (χ4n) is 3.75. The van der Waals surface area contributed by atoms with E-state index in [1.165, 1.54) is 0 Å². The van der Waals surface area contributed by atoms with Gasteiger partial charge >= 0.3 is 6.03 Å². The summed E-state index contributed by atoms with van der Waals surface area (Å²) >= 11 is 0. The van der Waals surface area contributed by atoms with E-state index in [1.807, 2.05) is 24.3 Å². The summed E-state index contributed by atoms with van der Waals surface area (Å²) in [5, 5.41) is 10.7. The molecule has 3 amide bonds. The first-order valence-corrected chi connectivity index (χ1v) is 10.8. The average molecular weight is 489 g/mol. The van der Waals surface area contributed by atoms with E-state index in [2.05, 4.69) is 26.3 Å². The largest absolute Gasteiger partial charge is 0.362 e. The molecule has 1 aliphatic rings. The molecule has 5 rings (SSSR count). The summed E-state index contributed by atoms with van der Waals surface area (Å²) in [5.74, 6) is -4.71. The Hall–Kier alpha value is -4.99. The van der Waals surface area contributed by atoms with Crippen LogP contribution in [0.1, 0.15) is 11.3 Å². The van der Waals surface area contributed by atoms with Gasteiger partial charge in [0.15, 0.2) is 17.5 Å². The van der Waals surface area contributed by atoms with Crippen molar-refractivity contribution in [3.05, 3.63) is 102 Å². The van der Waals surface area contributed by atoms with Gasteiger partial charge in [-0.05, 0) is 60.7 Å². The molecule has 180 valence electrons. The van der Waals surface area contributed by atoms with Crippen molar-refractivity contribution in [3.63, 3.8) is 0 Å². The summed E-state index contributed by atoms with van der Waals surface area (Å²) in [7, 11) is 0. The number of H-pyrrole nitrogens is 1. The lowest BCUT2D eigenvalue weighted by molar-refractivity contribution is -0.110. The van der Waals surface area contributed by atoms with Crippen molar-refractivity contribution in [3.8, 4) is 0 Å². The predicted molar refractivity (Wildman–Crippen MR) is 132 cm³/mol. The number of fused-ring (bicyclic) bond motifs is 1. The molecular formula is C26H18F3N5O2. The molecule has 10 heteroatoms. The summed E-state index contributed by atoms with van der Waals surface area (Å²) in [5.41, 5.74) is 3.99. The number of carbonyl (C=O) groups excluding carboxylic acids is 2. The van der Waals surface area contributed by atoms with Gasteiger partial charge in [0, 0.05) is 34.5 Å². The highest BCUT2D eigenvalue weighted by molar-refractivity contribution is 6.35. The molecule has 2 heterocycles. The van der Waals surface area contributed by atoms with Gasteiger partial charge in [0.1, 0.15) is 0 Å². The normalized spacial score (nSPS) is 13.3. The quantitative estimate of drug-likeness (QED) is 0.168. The number of anilines is 5. The number of hydrogen-bond donors (Lipinski definition) is 5. The number of benzene rings is 3. The fraction of sp³-hybridized carbons (Fsp3) is 0. The number of hydrogen-bond acceptors (Lipinski definition) is 3. The van der Waals surface area contributed by atoms with Crippen LogP contribution in [0.4, 0.5) is 46.4 Å². The van der Waals surface area contributed by atoms with Gasteiger partial charge in [-0.25, -0.2) is 18.0 Å². The Morgan fingerprint density at radius 2 is 1.64 bits per heavy atom. The molecule has 0 bridgehead atoms. The first-order chi connectivity index (χ1) is 17.4. The predicted octanol–water partition coefficient (Wildman–Crippen LogP) is 6.31. The molecule has 0 aliphatic carbocycles. The summed E-state index contributed by atoms with van der Waals surface area (Å²) in [6, 6.07) is 16.6. The third kappa shape index (κ3) is 4.64. The Morgan fingerprint density at radius 1 is 0.833 bits per heavy atom. The first-order valence-electron chi connectivity index (χ1n) is 10.8. The van der Waals surface area contributed by atoms with Crippen LogP contribution in [0.3, 0.4) is 0 Å². The van der Waals surface area contributed by atoms with Gasteiger partial charge in [0.25, 0.3) is 5.91 Å². The lowest BCUT2D eigenvalue weighted by atomic mass is 10.1. The fourth-order valence-corrected chi connectivity index (χ4v) is 3.75. The van der Waals surface area contributed by atoms with E-state index in [4.69, 9.17) is 0 Å². The average Bonchev–Trinajstić information content (AvgIpc) is 3.47. The van der Waals surface area contributed by atoms with Crippen LogP contribution in [0.5, 0.6) is 0 Å². The van der Waals surface area contributed by atoms with Crippen LogP contribution in [0.2, 0.25) is 0 Å². The minimum atomic E-state index is -1.67. The standard InChI is InChI=1S/C26H18F3N5O2/c27-20-8-9-21(24(29)23(20)28)34-26(36)32-16-4-1-3-15(11-16)31-17-6-7-18-19(12-14-5-2-10-30-14)25(35)33-22(18)13-17/h1-13,30-31H,(H,33,35)(H2,32,34,36)/b19-12+. The maximum Gasteiger partial charge on any atom is 0.323 e. The Labute approximate surface area is 203 Å². The Bertz CT molecular complexity index is 1520. The van der Waals surface area contributed by atoms with Gasteiger partial charge in [-0.3, -0.25) is 4.79 Å². The molecule has 3 aromatic carbocycles. The topological polar surface area (TPSA) is 98.1 Å². The van der Waals surface area contributed by atoms with Crippen LogP contribution in [0.15, 0.2) is 72.9 Å². The Kier molecular flexibility index (Phi) is 5.91. The second-order valence-corrected chi connectivity index (χ2v) is 7.91. The number of halogens is 3. The van der Waals surface area contributed by atoms with Crippen LogP contribution < -0.4 is 21.3 Å². The highest BCUT2D eigenvalue weighted by Gasteiger charge is 2.24. The molecule has 1 aliphatic heterocycles. The number of amides is 3. The lowest BCUT2D eigenvalue weighted by Crippen LogP contribution is -2.20. The van der Waals surface area contributed by atoms with Crippen LogP contribution in [-0.2, 0) is 4.79 Å². The Morgan fingerprint density at radius 3 is 2.44 bits per heavy atom. The van der Waals surface area contributed by atoms with Gasteiger partial charge in [-0.1, -0.05) is 12.1 Å². The number of aromatic amines is 1. The van der Waals surface area contributed by atoms with E-state index < -0.39 is 29.2 Å². The van der Waals surface area contributed by atoms with E-state index in [0.29, 0.717) is 28.3 Å². The maximum absolute atomic E-state index is 13.8. The van der Waals surface area contributed by atoms with Crippen LogP contribution in [0.25, 0.3) is 11.6 Å². The minimum Gasteiger partial charge on any atom is -0.362 e. The zero-order chi connectivity index (χ0) is 25.2. The van der Waals surface area contributed by atoms with Gasteiger partial charge < -0.3 is 26.3 Å². The molecule has 7 nitrogen and oxygen atoms in total. The second-order valence-electron chi connectivity index (χ2n) is 7.91. The molecule has 0 radical (unpaired) electrons. The summed E-state index contributed by atoms with van der Waals surface area (Å²) < 4.78 is 40.3. The maximum atomic E-state index is 13.8. The lowest BCUT2D eigenvalue weighted by Gasteiger charge is -2.12. The van der Waals surface area contributed by atoms with E-state index in [-0.39, 0.29) is 5.91 Å². The van der Waals surface area contributed by atoms with E-state index >= 15 is 0 Å².